The Morgan fingerprint density at radius 1 is 1.24 bits per heavy atom. The Morgan fingerprint density at radius 3 is 2.81 bits per heavy atom. The molecule has 3 rings (SSSR count). The van der Waals surface area contributed by atoms with Gasteiger partial charge in [0.1, 0.15) is 0 Å². The van der Waals surface area contributed by atoms with Crippen molar-refractivity contribution in [2.75, 3.05) is 13.1 Å². The molecule has 0 spiro atoms. The molecule has 0 aromatic heterocycles. The lowest BCUT2D eigenvalue weighted by molar-refractivity contribution is 0.0702. The van der Waals surface area contributed by atoms with Crippen LogP contribution in [0, 0.1) is 5.92 Å². The van der Waals surface area contributed by atoms with Gasteiger partial charge in [0, 0.05) is 16.6 Å². The topological polar surface area (TPSA) is 29.3 Å². The number of hydrogen-bond acceptors (Lipinski definition) is 2. The van der Waals surface area contributed by atoms with Crippen molar-refractivity contribution in [1.82, 2.24) is 4.90 Å². The average molecular weight is 351 g/mol. The molecular weight excluding hydrogens is 324 g/mol. The molecule has 1 saturated carbocycles. The molecule has 2 aliphatic rings. The van der Waals surface area contributed by atoms with Gasteiger partial charge in [-0.3, -0.25) is 4.90 Å². The molecular formula is C18H27BrN2. The maximum atomic E-state index is 6.07. The fourth-order valence-corrected chi connectivity index (χ4v) is 5.10. The van der Waals surface area contributed by atoms with Gasteiger partial charge >= 0.3 is 0 Å². The highest BCUT2D eigenvalue weighted by molar-refractivity contribution is 9.10. The smallest absolute Gasteiger partial charge is 0.0357 e. The summed E-state index contributed by atoms with van der Waals surface area (Å²) in [6.45, 7) is 4.30. The zero-order valence-corrected chi connectivity index (χ0v) is 14.6. The van der Waals surface area contributed by atoms with Crippen LogP contribution in [-0.4, -0.2) is 24.0 Å². The van der Waals surface area contributed by atoms with E-state index in [0.29, 0.717) is 18.0 Å². The molecule has 116 valence electrons. The van der Waals surface area contributed by atoms with E-state index in [-0.39, 0.29) is 0 Å². The molecule has 0 saturated heterocycles. The molecule has 2 aliphatic carbocycles. The first-order valence-corrected chi connectivity index (χ1v) is 9.28. The summed E-state index contributed by atoms with van der Waals surface area (Å²) >= 11 is 3.73. The molecule has 3 unspecified atom stereocenters. The van der Waals surface area contributed by atoms with Gasteiger partial charge in [0.15, 0.2) is 0 Å². The van der Waals surface area contributed by atoms with Crippen LogP contribution in [0.3, 0.4) is 0 Å². The van der Waals surface area contributed by atoms with Crippen LogP contribution >= 0.6 is 15.9 Å². The third kappa shape index (κ3) is 2.93. The minimum Gasteiger partial charge on any atom is -0.330 e. The van der Waals surface area contributed by atoms with Crippen LogP contribution in [0.1, 0.15) is 56.2 Å². The first kappa shape index (κ1) is 15.5. The van der Waals surface area contributed by atoms with Crippen molar-refractivity contribution < 1.29 is 0 Å². The van der Waals surface area contributed by atoms with E-state index < -0.39 is 0 Å². The Bertz CT molecular complexity index is 488. The molecule has 0 heterocycles. The van der Waals surface area contributed by atoms with Crippen molar-refractivity contribution in [3.63, 3.8) is 0 Å². The summed E-state index contributed by atoms with van der Waals surface area (Å²) in [7, 11) is 0. The minimum atomic E-state index is 0.597. The zero-order valence-electron chi connectivity index (χ0n) is 13.0. The summed E-state index contributed by atoms with van der Waals surface area (Å²) in [6, 6.07) is 7.99. The first-order chi connectivity index (χ1) is 10.3. The van der Waals surface area contributed by atoms with Crippen LogP contribution in [0.2, 0.25) is 0 Å². The van der Waals surface area contributed by atoms with E-state index in [1.54, 1.807) is 5.56 Å². The second kappa shape index (κ2) is 6.80. The lowest BCUT2D eigenvalue weighted by atomic mass is 9.82. The Kier molecular flexibility index (Phi) is 5.03. The van der Waals surface area contributed by atoms with Crippen LogP contribution in [0.4, 0.5) is 0 Å². The van der Waals surface area contributed by atoms with Crippen molar-refractivity contribution in [2.24, 2.45) is 11.7 Å². The molecule has 3 atom stereocenters. The summed E-state index contributed by atoms with van der Waals surface area (Å²) in [5, 5.41) is 0. The number of rotatable bonds is 4. The Morgan fingerprint density at radius 2 is 2.05 bits per heavy atom. The quantitative estimate of drug-likeness (QED) is 0.878. The largest absolute Gasteiger partial charge is 0.330 e. The maximum Gasteiger partial charge on any atom is 0.0357 e. The number of nitrogens with two attached hydrogens (primary N) is 1. The maximum absolute atomic E-state index is 6.07. The molecule has 2 N–H and O–H groups in total. The van der Waals surface area contributed by atoms with Gasteiger partial charge in [-0.2, -0.15) is 0 Å². The predicted octanol–water partition coefficient (Wildman–Crippen LogP) is 4.28. The Hall–Kier alpha value is -0.380. The number of benzene rings is 1. The van der Waals surface area contributed by atoms with E-state index in [4.69, 9.17) is 5.73 Å². The lowest BCUT2D eigenvalue weighted by Gasteiger charge is -2.42. The van der Waals surface area contributed by atoms with Crippen molar-refractivity contribution in [3.05, 3.63) is 33.8 Å². The van der Waals surface area contributed by atoms with E-state index >= 15 is 0 Å². The standard InChI is InChI=1S/C18H27BrN2/c1-2-21(17-9-4-3-6-13(17)12-20)18-11-10-14-15(18)7-5-8-16(14)19/h5,7-8,13,17-18H,2-4,6,9-12,20H2,1H3. The van der Waals surface area contributed by atoms with E-state index in [1.165, 1.54) is 48.6 Å². The average Bonchev–Trinajstić information content (AvgIpc) is 2.94. The van der Waals surface area contributed by atoms with Crippen molar-refractivity contribution in [3.8, 4) is 0 Å². The molecule has 1 aromatic rings. The van der Waals surface area contributed by atoms with Crippen LogP contribution in [-0.2, 0) is 6.42 Å². The number of nitrogens with zero attached hydrogens (tertiary/aromatic N) is 1. The fourth-order valence-electron chi connectivity index (χ4n) is 4.52. The Balaban J connectivity index is 1.86. The summed E-state index contributed by atoms with van der Waals surface area (Å²) in [6.07, 6.45) is 7.85. The van der Waals surface area contributed by atoms with Gasteiger partial charge in [0.05, 0.1) is 0 Å². The van der Waals surface area contributed by atoms with Crippen LogP contribution in [0.25, 0.3) is 0 Å². The second-order valence-corrected chi connectivity index (χ2v) is 7.39. The van der Waals surface area contributed by atoms with Gasteiger partial charge in [-0.1, -0.05) is 47.8 Å². The Labute approximate surface area is 137 Å². The normalized spacial score (nSPS) is 28.9. The molecule has 1 aromatic carbocycles. The van der Waals surface area contributed by atoms with Crippen molar-refractivity contribution in [1.29, 1.82) is 0 Å². The number of hydrogen-bond donors (Lipinski definition) is 1. The van der Waals surface area contributed by atoms with Gasteiger partial charge in [0.25, 0.3) is 0 Å². The van der Waals surface area contributed by atoms with E-state index in [9.17, 15) is 0 Å². The third-order valence-corrected chi connectivity index (χ3v) is 6.29. The van der Waals surface area contributed by atoms with Crippen molar-refractivity contribution >= 4 is 15.9 Å². The van der Waals surface area contributed by atoms with Crippen LogP contribution in [0.5, 0.6) is 0 Å². The van der Waals surface area contributed by atoms with Crippen LogP contribution < -0.4 is 5.73 Å². The van der Waals surface area contributed by atoms with E-state index in [1.807, 2.05) is 0 Å². The van der Waals surface area contributed by atoms with Gasteiger partial charge in [-0.25, -0.2) is 0 Å². The highest BCUT2D eigenvalue weighted by atomic mass is 79.9. The molecule has 1 fully saturated rings. The summed E-state index contributed by atoms with van der Waals surface area (Å²) in [5.74, 6) is 0.690. The lowest BCUT2D eigenvalue weighted by Crippen LogP contribution is -2.46. The predicted molar refractivity (Wildman–Crippen MR) is 92.4 cm³/mol. The van der Waals surface area contributed by atoms with E-state index in [0.717, 1.165) is 13.1 Å². The number of fused-ring (bicyclic) bond motifs is 1. The molecule has 0 radical (unpaired) electrons. The zero-order chi connectivity index (χ0) is 14.8. The second-order valence-electron chi connectivity index (χ2n) is 6.54. The highest BCUT2D eigenvalue weighted by Gasteiger charge is 2.36. The van der Waals surface area contributed by atoms with Gasteiger partial charge in [-0.05, 0) is 61.9 Å². The molecule has 0 bridgehead atoms. The fraction of sp³-hybridized carbons (Fsp3) is 0.667. The highest BCUT2D eigenvalue weighted by Crippen LogP contribution is 2.42. The molecule has 21 heavy (non-hydrogen) atoms. The van der Waals surface area contributed by atoms with Crippen LogP contribution in [0.15, 0.2) is 22.7 Å². The number of halogens is 1. The third-order valence-electron chi connectivity index (χ3n) is 5.55. The SMILES string of the molecule is CCN(C1CCc2c(Br)cccc21)C1CCCCC1CN. The molecule has 0 amide bonds. The molecule has 0 aliphatic heterocycles. The molecule has 2 nitrogen and oxygen atoms in total. The summed E-state index contributed by atoms with van der Waals surface area (Å²) < 4.78 is 1.29. The van der Waals surface area contributed by atoms with Gasteiger partial charge < -0.3 is 5.73 Å². The summed E-state index contributed by atoms with van der Waals surface area (Å²) in [4.78, 5) is 2.76. The monoisotopic (exact) mass is 350 g/mol. The van der Waals surface area contributed by atoms with Gasteiger partial charge in [0.2, 0.25) is 0 Å². The molecule has 3 heteroatoms. The first-order valence-electron chi connectivity index (χ1n) is 8.49. The summed E-state index contributed by atoms with van der Waals surface area (Å²) in [5.41, 5.74) is 9.15. The van der Waals surface area contributed by atoms with Crippen molar-refractivity contribution in [2.45, 2.75) is 57.5 Å². The van der Waals surface area contributed by atoms with Gasteiger partial charge in [-0.15, -0.1) is 0 Å². The minimum absolute atomic E-state index is 0.597. The van der Waals surface area contributed by atoms with E-state index in [2.05, 4.69) is 46.0 Å².